The maximum absolute atomic E-state index is 6.07. The molecule has 0 aliphatic heterocycles. The predicted octanol–water partition coefficient (Wildman–Crippen LogP) is 2.54. The smallest absolute Gasteiger partial charge is 0.210 e. The second kappa shape index (κ2) is 6.47. The van der Waals surface area contributed by atoms with Crippen LogP contribution >= 0.6 is 11.6 Å². The minimum absolute atomic E-state index is 0.480. The van der Waals surface area contributed by atoms with Crippen molar-refractivity contribution in [3.63, 3.8) is 0 Å². The van der Waals surface area contributed by atoms with Crippen LogP contribution in [0.25, 0.3) is 0 Å². The van der Waals surface area contributed by atoms with Crippen molar-refractivity contribution in [3.05, 3.63) is 28.8 Å². The molecule has 0 aromatic heterocycles. The van der Waals surface area contributed by atoms with Crippen molar-refractivity contribution in [1.82, 2.24) is 5.43 Å². The van der Waals surface area contributed by atoms with Gasteiger partial charge in [0.05, 0.1) is 10.7 Å². The van der Waals surface area contributed by atoms with Gasteiger partial charge in [0.25, 0.3) is 0 Å². The van der Waals surface area contributed by atoms with Gasteiger partial charge in [-0.15, -0.1) is 0 Å². The van der Waals surface area contributed by atoms with E-state index in [1.165, 1.54) is 0 Å². The van der Waals surface area contributed by atoms with Crippen LogP contribution in [-0.2, 0) is 0 Å². The predicted molar refractivity (Wildman–Crippen MR) is 74.3 cm³/mol. The van der Waals surface area contributed by atoms with E-state index in [4.69, 9.17) is 17.4 Å². The van der Waals surface area contributed by atoms with Crippen molar-refractivity contribution in [2.45, 2.75) is 20.8 Å². The minimum Gasteiger partial charge on any atom is -0.324 e. The van der Waals surface area contributed by atoms with Gasteiger partial charge in [-0.05, 0) is 30.5 Å². The summed E-state index contributed by atoms with van der Waals surface area (Å²) in [6.07, 6.45) is 0. The van der Waals surface area contributed by atoms with Crippen molar-refractivity contribution in [1.29, 1.82) is 0 Å². The number of nitrogens with zero attached hydrogens (tertiary/aromatic N) is 1. The molecule has 0 aliphatic rings. The lowest BCUT2D eigenvalue weighted by molar-refractivity contribution is 0.663. The highest BCUT2D eigenvalue weighted by molar-refractivity contribution is 6.33. The molecule has 0 bridgehead atoms. The first-order valence-corrected chi connectivity index (χ1v) is 5.95. The van der Waals surface area contributed by atoms with Crippen LogP contribution < -0.4 is 16.6 Å². The van der Waals surface area contributed by atoms with Crippen molar-refractivity contribution >= 4 is 23.2 Å². The molecule has 0 heterocycles. The van der Waals surface area contributed by atoms with E-state index in [9.17, 15) is 0 Å². The monoisotopic (exact) mass is 254 g/mol. The molecular weight excluding hydrogens is 236 g/mol. The maximum Gasteiger partial charge on any atom is 0.210 e. The highest BCUT2D eigenvalue weighted by atomic mass is 35.5. The molecular formula is C12H19ClN4. The molecule has 0 unspecified atom stereocenters. The number of nitrogens with two attached hydrogens (primary N) is 1. The number of rotatable bonds is 3. The zero-order valence-electron chi connectivity index (χ0n) is 10.4. The summed E-state index contributed by atoms with van der Waals surface area (Å²) in [5, 5.41) is 3.72. The number of nitrogens with one attached hydrogen (secondary N) is 2. The third kappa shape index (κ3) is 4.63. The van der Waals surface area contributed by atoms with Crippen molar-refractivity contribution in [3.8, 4) is 0 Å². The largest absolute Gasteiger partial charge is 0.324 e. The van der Waals surface area contributed by atoms with Gasteiger partial charge in [0.2, 0.25) is 5.96 Å². The molecule has 1 aromatic carbocycles. The van der Waals surface area contributed by atoms with E-state index in [0.717, 1.165) is 11.3 Å². The van der Waals surface area contributed by atoms with Gasteiger partial charge < -0.3 is 5.32 Å². The Balaban J connectivity index is 2.80. The fourth-order valence-corrected chi connectivity index (χ4v) is 1.42. The number of aryl methyl sites for hydroxylation is 1. The van der Waals surface area contributed by atoms with Crippen LogP contribution in [0.15, 0.2) is 23.2 Å². The van der Waals surface area contributed by atoms with Crippen LogP contribution in [0.4, 0.5) is 5.69 Å². The molecule has 0 amide bonds. The lowest BCUT2D eigenvalue weighted by Gasteiger charge is -2.12. The summed E-state index contributed by atoms with van der Waals surface area (Å²) >= 11 is 6.07. The number of anilines is 1. The van der Waals surface area contributed by atoms with Gasteiger partial charge in [-0.2, -0.15) is 0 Å². The van der Waals surface area contributed by atoms with Crippen LogP contribution in [0.5, 0.6) is 0 Å². The lowest BCUT2D eigenvalue weighted by Crippen LogP contribution is -2.36. The molecule has 0 fully saturated rings. The Morgan fingerprint density at radius 3 is 2.76 bits per heavy atom. The summed E-state index contributed by atoms with van der Waals surface area (Å²) in [4.78, 5) is 4.32. The van der Waals surface area contributed by atoms with E-state index in [0.29, 0.717) is 23.4 Å². The third-order valence-corrected chi connectivity index (χ3v) is 2.46. The molecule has 5 heteroatoms. The summed E-state index contributed by atoms with van der Waals surface area (Å²) in [6, 6.07) is 5.74. The SMILES string of the molecule is Cc1ccc(Cl)c(NC(=NCC(C)C)NN)c1. The van der Waals surface area contributed by atoms with Crippen LogP contribution in [0, 0.1) is 12.8 Å². The Morgan fingerprint density at radius 1 is 1.47 bits per heavy atom. The average Bonchev–Trinajstić information content (AvgIpc) is 2.28. The number of hydrogen-bond donors (Lipinski definition) is 3. The molecule has 0 saturated heterocycles. The molecule has 0 radical (unpaired) electrons. The van der Waals surface area contributed by atoms with Gasteiger partial charge in [-0.25, -0.2) is 5.84 Å². The first-order valence-electron chi connectivity index (χ1n) is 5.57. The van der Waals surface area contributed by atoms with E-state index < -0.39 is 0 Å². The fraction of sp³-hybridized carbons (Fsp3) is 0.417. The number of hydrogen-bond acceptors (Lipinski definition) is 2. The minimum atomic E-state index is 0.480. The van der Waals surface area contributed by atoms with Gasteiger partial charge in [0, 0.05) is 6.54 Å². The summed E-state index contributed by atoms with van der Waals surface area (Å²) < 4.78 is 0. The van der Waals surface area contributed by atoms with Gasteiger partial charge >= 0.3 is 0 Å². The molecule has 94 valence electrons. The topological polar surface area (TPSA) is 62.4 Å². The summed E-state index contributed by atoms with van der Waals surface area (Å²) in [7, 11) is 0. The number of aliphatic imine (C=N–C) groups is 1. The molecule has 4 nitrogen and oxygen atoms in total. The van der Waals surface area contributed by atoms with Crippen LogP contribution in [-0.4, -0.2) is 12.5 Å². The molecule has 1 aromatic rings. The second-order valence-corrected chi connectivity index (χ2v) is 4.74. The molecule has 0 spiro atoms. The standard InChI is InChI=1S/C12H19ClN4/c1-8(2)7-15-12(17-14)16-11-6-9(3)4-5-10(11)13/h4-6,8H,7,14H2,1-3H3,(H2,15,16,17). The molecule has 4 N–H and O–H groups in total. The van der Waals surface area contributed by atoms with Crippen molar-refractivity contribution in [2.24, 2.45) is 16.8 Å². The summed E-state index contributed by atoms with van der Waals surface area (Å²) in [5.41, 5.74) is 4.45. The number of hydrazine groups is 1. The van der Waals surface area contributed by atoms with Crippen LogP contribution in [0.3, 0.4) is 0 Å². The van der Waals surface area contributed by atoms with Crippen molar-refractivity contribution < 1.29 is 0 Å². The molecule has 1 rings (SSSR count). The summed E-state index contributed by atoms with van der Waals surface area (Å²) in [6.45, 7) is 6.90. The quantitative estimate of drug-likeness (QED) is 0.336. The zero-order valence-corrected chi connectivity index (χ0v) is 11.2. The van der Waals surface area contributed by atoms with Gasteiger partial charge in [0.1, 0.15) is 0 Å². The van der Waals surface area contributed by atoms with Crippen LogP contribution in [0.1, 0.15) is 19.4 Å². The number of halogens is 1. The van der Waals surface area contributed by atoms with Gasteiger partial charge in [-0.1, -0.05) is 31.5 Å². The maximum atomic E-state index is 6.07. The van der Waals surface area contributed by atoms with Crippen LogP contribution in [0.2, 0.25) is 5.02 Å². The molecule has 0 atom stereocenters. The highest BCUT2D eigenvalue weighted by Crippen LogP contribution is 2.22. The zero-order chi connectivity index (χ0) is 12.8. The van der Waals surface area contributed by atoms with E-state index in [2.05, 4.69) is 29.6 Å². The Labute approximate surface area is 107 Å². The molecule has 0 saturated carbocycles. The van der Waals surface area contributed by atoms with E-state index in [-0.39, 0.29) is 0 Å². The van der Waals surface area contributed by atoms with Gasteiger partial charge in [-0.3, -0.25) is 10.4 Å². The first kappa shape index (κ1) is 13.8. The Morgan fingerprint density at radius 2 is 2.18 bits per heavy atom. The summed E-state index contributed by atoms with van der Waals surface area (Å²) in [5.74, 6) is 6.41. The average molecular weight is 255 g/mol. The van der Waals surface area contributed by atoms with E-state index >= 15 is 0 Å². The van der Waals surface area contributed by atoms with Gasteiger partial charge in [0.15, 0.2) is 0 Å². The highest BCUT2D eigenvalue weighted by Gasteiger charge is 2.03. The third-order valence-electron chi connectivity index (χ3n) is 2.13. The van der Waals surface area contributed by atoms with Crippen molar-refractivity contribution in [2.75, 3.05) is 11.9 Å². The first-order chi connectivity index (χ1) is 8.02. The fourth-order valence-electron chi connectivity index (χ4n) is 1.26. The Hall–Kier alpha value is -1.26. The number of guanidine groups is 1. The van der Waals surface area contributed by atoms with E-state index in [1.54, 1.807) is 0 Å². The second-order valence-electron chi connectivity index (χ2n) is 4.34. The number of benzene rings is 1. The Kier molecular flexibility index (Phi) is 5.25. The van der Waals surface area contributed by atoms with E-state index in [1.807, 2.05) is 25.1 Å². The normalized spacial score (nSPS) is 11.8. The molecule has 17 heavy (non-hydrogen) atoms. The molecule has 0 aliphatic carbocycles. The lowest BCUT2D eigenvalue weighted by atomic mass is 10.2. The Bertz CT molecular complexity index is 401.